The number of nitrogens with one attached hydrogen (secondary N) is 2. The number of benzene rings is 2. The highest BCUT2D eigenvalue weighted by atomic mass is 16.6. The lowest BCUT2D eigenvalue weighted by Crippen LogP contribution is -2.45. The van der Waals surface area contributed by atoms with Gasteiger partial charge in [0.25, 0.3) is 0 Å². The number of urea groups is 1. The Bertz CT molecular complexity index is 1250. The Labute approximate surface area is 234 Å². The van der Waals surface area contributed by atoms with Gasteiger partial charge >= 0.3 is 18.0 Å². The van der Waals surface area contributed by atoms with Crippen molar-refractivity contribution in [2.45, 2.75) is 58.5 Å². The van der Waals surface area contributed by atoms with E-state index in [4.69, 9.17) is 9.47 Å². The molecule has 3 amide bonds. The Kier molecular flexibility index (Phi) is 10.4. The first-order chi connectivity index (χ1) is 19.0. The predicted octanol–water partition coefficient (Wildman–Crippen LogP) is 4.73. The van der Waals surface area contributed by atoms with Crippen LogP contribution in [0.4, 0.5) is 16.2 Å². The van der Waals surface area contributed by atoms with Crippen LogP contribution in [0.3, 0.4) is 0 Å². The third-order valence-corrected chi connectivity index (χ3v) is 6.39. The lowest BCUT2D eigenvalue weighted by molar-refractivity contribution is -0.153. The first-order valence-corrected chi connectivity index (χ1v) is 13.4. The van der Waals surface area contributed by atoms with Crippen molar-refractivity contribution in [2.75, 3.05) is 30.4 Å². The van der Waals surface area contributed by atoms with E-state index in [2.05, 4.69) is 10.6 Å². The molecule has 214 valence electrons. The summed E-state index contributed by atoms with van der Waals surface area (Å²) in [4.78, 5) is 65.2. The number of amides is 3. The van der Waals surface area contributed by atoms with E-state index >= 15 is 0 Å². The SMILES string of the molecule is COC(=O)c1cccc(NC(=O)NCC(=O)N(CC(=O)OC(C)(C)C)c2ccccc2C(=O)C2CCCCC2)c1. The zero-order valence-electron chi connectivity index (χ0n) is 23.5. The number of methoxy groups -OCH3 is 1. The van der Waals surface area contributed by atoms with E-state index < -0.39 is 42.6 Å². The Hall–Kier alpha value is -4.21. The summed E-state index contributed by atoms with van der Waals surface area (Å²) >= 11 is 0. The first-order valence-electron chi connectivity index (χ1n) is 13.4. The summed E-state index contributed by atoms with van der Waals surface area (Å²) in [5.41, 5.74) is 0.443. The van der Waals surface area contributed by atoms with Crippen LogP contribution in [0, 0.1) is 5.92 Å². The Balaban J connectivity index is 1.79. The van der Waals surface area contributed by atoms with Gasteiger partial charge < -0.3 is 20.1 Å². The van der Waals surface area contributed by atoms with Crippen molar-refractivity contribution < 1.29 is 33.4 Å². The maximum Gasteiger partial charge on any atom is 0.337 e. The summed E-state index contributed by atoms with van der Waals surface area (Å²) in [5.74, 6) is -2.01. The summed E-state index contributed by atoms with van der Waals surface area (Å²) in [6.45, 7) is 4.27. The molecule has 1 fully saturated rings. The Morgan fingerprint density at radius 1 is 0.950 bits per heavy atom. The largest absolute Gasteiger partial charge is 0.465 e. The molecule has 0 heterocycles. The number of rotatable bonds is 9. The summed E-state index contributed by atoms with van der Waals surface area (Å²) in [6.07, 6.45) is 4.61. The fourth-order valence-corrected chi connectivity index (χ4v) is 4.58. The van der Waals surface area contributed by atoms with E-state index in [-0.39, 0.29) is 17.3 Å². The predicted molar refractivity (Wildman–Crippen MR) is 150 cm³/mol. The van der Waals surface area contributed by atoms with Gasteiger partial charge in [0.15, 0.2) is 5.78 Å². The molecule has 0 saturated heterocycles. The highest BCUT2D eigenvalue weighted by Crippen LogP contribution is 2.31. The normalized spacial score (nSPS) is 13.6. The molecule has 3 rings (SSSR count). The summed E-state index contributed by atoms with van der Waals surface area (Å²) in [6, 6.07) is 12.1. The molecule has 0 spiro atoms. The number of ketones is 1. The second kappa shape index (κ2) is 13.7. The molecule has 0 atom stereocenters. The maximum absolute atomic E-state index is 13.5. The van der Waals surface area contributed by atoms with Gasteiger partial charge in [-0.3, -0.25) is 19.3 Å². The van der Waals surface area contributed by atoms with E-state index in [1.165, 1.54) is 18.1 Å². The smallest absolute Gasteiger partial charge is 0.337 e. The average Bonchev–Trinajstić information content (AvgIpc) is 2.93. The zero-order valence-corrected chi connectivity index (χ0v) is 23.5. The molecule has 1 aliphatic carbocycles. The van der Waals surface area contributed by atoms with Crippen LogP contribution < -0.4 is 15.5 Å². The number of hydrogen-bond acceptors (Lipinski definition) is 7. The lowest BCUT2D eigenvalue weighted by Gasteiger charge is -2.28. The van der Waals surface area contributed by atoms with Crippen LogP contribution in [0.15, 0.2) is 48.5 Å². The third kappa shape index (κ3) is 8.65. The number of nitrogens with zero attached hydrogens (tertiary/aromatic N) is 1. The molecule has 0 aromatic heterocycles. The first kappa shape index (κ1) is 30.3. The van der Waals surface area contributed by atoms with Crippen molar-refractivity contribution in [3.8, 4) is 0 Å². The van der Waals surface area contributed by atoms with Crippen LogP contribution >= 0.6 is 0 Å². The van der Waals surface area contributed by atoms with E-state index in [1.54, 1.807) is 63.2 Å². The Morgan fingerprint density at radius 3 is 2.33 bits per heavy atom. The van der Waals surface area contributed by atoms with Crippen molar-refractivity contribution >= 4 is 41.0 Å². The van der Waals surface area contributed by atoms with E-state index in [0.717, 1.165) is 32.1 Å². The molecule has 10 nitrogen and oxygen atoms in total. The average molecular weight is 552 g/mol. The fourth-order valence-electron chi connectivity index (χ4n) is 4.58. The monoisotopic (exact) mass is 551 g/mol. The van der Waals surface area contributed by atoms with Gasteiger partial charge in [0, 0.05) is 17.2 Å². The lowest BCUT2D eigenvalue weighted by atomic mass is 9.83. The molecular weight excluding hydrogens is 514 g/mol. The van der Waals surface area contributed by atoms with Gasteiger partial charge in [-0.05, 0) is 63.9 Å². The number of carbonyl (C=O) groups excluding carboxylic acids is 5. The molecule has 10 heteroatoms. The molecule has 2 aromatic carbocycles. The number of carbonyl (C=O) groups is 5. The maximum atomic E-state index is 13.5. The Morgan fingerprint density at radius 2 is 1.65 bits per heavy atom. The number of anilines is 2. The van der Waals surface area contributed by atoms with Gasteiger partial charge in [0.05, 0.1) is 24.9 Å². The summed E-state index contributed by atoms with van der Waals surface area (Å²) < 4.78 is 10.1. The molecule has 1 aliphatic rings. The quantitative estimate of drug-likeness (QED) is 0.340. The molecule has 0 unspecified atom stereocenters. The van der Waals surface area contributed by atoms with Gasteiger partial charge in [-0.2, -0.15) is 0 Å². The fraction of sp³-hybridized carbons (Fsp3) is 0.433. The van der Waals surface area contributed by atoms with Crippen molar-refractivity contribution in [3.05, 3.63) is 59.7 Å². The second-order valence-electron chi connectivity index (χ2n) is 10.7. The van der Waals surface area contributed by atoms with Crippen LogP contribution in [0.25, 0.3) is 0 Å². The second-order valence-corrected chi connectivity index (χ2v) is 10.7. The van der Waals surface area contributed by atoms with E-state index in [9.17, 15) is 24.0 Å². The standard InChI is InChI=1S/C30H37N3O7/c1-30(2,3)40-26(35)19-33(24-16-9-8-15-23(24)27(36)20-11-6-5-7-12-20)25(34)18-31-29(38)32-22-14-10-13-21(17-22)28(37)39-4/h8-10,13-17,20H,5-7,11-12,18-19H2,1-4H3,(H2,31,32,38). The van der Waals surface area contributed by atoms with Crippen molar-refractivity contribution in [3.63, 3.8) is 0 Å². The topological polar surface area (TPSA) is 131 Å². The summed E-state index contributed by atoms with van der Waals surface area (Å²) in [5, 5.41) is 5.05. The number of para-hydroxylation sites is 1. The van der Waals surface area contributed by atoms with E-state index in [0.29, 0.717) is 16.9 Å². The highest BCUT2D eigenvalue weighted by molar-refractivity contribution is 6.09. The van der Waals surface area contributed by atoms with Crippen LogP contribution in [0.5, 0.6) is 0 Å². The van der Waals surface area contributed by atoms with Crippen molar-refractivity contribution in [1.29, 1.82) is 0 Å². The third-order valence-electron chi connectivity index (χ3n) is 6.39. The van der Waals surface area contributed by atoms with Crippen LogP contribution in [0.2, 0.25) is 0 Å². The molecule has 0 radical (unpaired) electrons. The van der Waals surface area contributed by atoms with Crippen LogP contribution in [-0.2, 0) is 19.1 Å². The van der Waals surface area contributed by atoms with Gasteiger partial charge in [-0.15, -0.1) is 0 Å². The van der Waals surface area contributed by atoms with E-state index in [1.807, 2.05) is 0 Å². The molecule has 2 N–H and O–H groups in total. The van der Waals surface area contributed by atoms with Crippen LogP contribution in [-0.4, -0.2) is 55.5 Å². The van der Waals surface area contributed by atoms with Gasteiger partial charge in [0.1, 0.15) is 12.1 Å². The van der Waals surface area contributed by atoms with Gasteiger partial charge in [-0.25, -0.2) is 9.59 Å². The molecule has 0 aliphatic heterocycles. The minimum absolute atomic E-state index is 0.0616. The van der Waals surface area contributed by atoms with Crippen LogP contribution in [0.1, 0.15) is 73.6 Å². The molecule has 2 aromatic rings. The molecule has 0 bridgehead atoms. The number of esters is 2. The molecule has 1 saturated carbocycles. The number of ether oxygens (including phenoxy) is 2. The molecule has 40 heavy (non-hydrogen) atoms. The van der Waals surface area contributed by atoms with Gasteiger partial charge in [-0.1, -0.05) is 37.5 Å². The minimum atomic E-state index is -0.778. The van der Waals surface area contributed by atoms with Crippen molar-refractivity contribution in [1.82, 2.24) is 5.32 Å². The minimum Gasteiger partial charge on any atom is -0.465 e. The number of Topliss-reactive ketones (excluding diaryl/α,β-unsaturated/α-hetero) is 1. The van der Waals surface area contributed by atoms with Crippen molar-refractivity contribution in [2.24, 2.45) is 5.92 Å². The zero-order chi connectivity index (χ0) is 29.3. The highest BCUT2D eigenvalue weighted by Gasteiger charge is 2.30. The number of hydrogen-bond donors (Lipinski definition) is 2. The molecular formula is C30H37N3O7. The summed E-state index contributed by atoms with van der Waals surface area (Å²) in [7, 11) is 1.25. The van der Waals surface area contributed by atoms with Gasteiger partial charge in [0.2, 0.25) is 5.91 Å².